The first-order chi connectivity index (χ1) is 15.9. The van der Waals surface area contributed by atoms with E-state index in [1.807, 2.05) is 12.1 Å². The van der Waals surface area contributed by atoms with Crippen LogP contribution in [0.25, 0.3) is 0 Å². The van der Waals surface area contributed by atoms with Gasteiger partial charge in [-0.25, -0.2) is 8.42 Å². The molecule has 1 N–H and O–H groups in total. The molecule has 0 radical (unpaired) electrons. The van der Waals surface area contributed by atoms with Gasteiger partial charge in [-0.05, 0) is 67.0 Å². The van der Waals surface area contributed by atoms with E-state index in [9.17, 15) is 13.2 Å². The molecule has 7 heteroatoms. The molecule has 0 bridgehead atoms. The maximum atomic E-state index is 12.9. The van der Waals surface area contributed by atoms with Crippen LogP contribution >= 0.6 is 0 Å². The lowest BCUT2D eigenvalue weighted by Crippen LogP contribution is -2.31. The monoisotopic (exact) mass is 469 g/mol. The summed E-state index contributed by atoms with van der Waals surface area (Å²) in [6.07, 6.45) is 7.26. The summed E-state index contributed by atoms with van der Waals surface area (Å²) < 4.78 is 27.4. The number of hydrogen-bond acceptors (Lipinski definition) is 4. The molecule has 2 heterocycles. The molecular weight excluding hydrogens is 434 g/mol. The summed E-state index contributed by atoms with van der Waals surface area (Å²) in [5.41, 5.74) is 4.74. The van der Waals surface area contributed by atoms with Gasteiger partial charge in [0.2, 0.25) is 15.9 Å². The Hall–Kier alpha value is -2.38. The molecule has 2 aliphatic heterocycles. The van der Waals surface area contributed by atoms with Gasteiger partial charge in [0, 0.05) is 45.3 Å². The second-order valence-corrected chi connectivity index (χ2v) is 11.2. The predicted molar refractivity (Wildman–Crippen MR) is 132 cm³/mol. The Morgan fingerprint density at radius 2 is 1.61 bits per heavy atom. The molecule has 4 rings (SSSR count). The molecule has 0 spiro atoms. The molecule has 0 unspecified atom stereocenters. The van der Waals surface area contributed by atoms with Crippen LogP contribution in [0.2, 0.25) is 0 Å². The normalized spacial score (nSPS) is 17.3. The van der Waals surface area contributed by atoms with Crippen LogP contribution < -0.4 is 10.2 Å². The van der Waals surface area contributed by atoms with Gasteiger partial charge in [-0.15, -0.1) is 0 Å². The Morgan fingerprint density at radius 1 is 0.909 bits per heavy atom. The number of carbonyl (C=O) groups excluding carboxylic acids is 1. The van der Waals surface area contributed by atoms with E-state index in [4.69, 9.17) is 0 Å². The van der Waals surface area contributed by atoms with Gasteiger partial charge in [-0.1, -0.05) is 37.1 Å². The molecule has 2 aromatic rings. The van der Waals surface area contributed by atoms with Gasteiger partial charge in [0.1, 0.15) is 0 Å². The van der Waals surface area contributed by atoms with Gasteiger partial charge in [-0.3, -0.25) is 4.79 Å². The predicted octanol–water partition coefficient (Wildman–Crippen LogP) is 3.88. The third-order valence-corrected chi connectivity index (χ3v) is 8.66. The molecule has 178 valence electrons. The SMILES string of the molecule is CN1CCCc2cc(CNC(=O)CCc3ccc(S(=O)(=O)N4CCCCCC4)cc3)ccc21. The number of nitrogens with zero attached hydrogens (tertiary/aromatic N) is 2. The Kier molecular flexibility index (Phi) is 7.71. The highest BCUT2D eigenvalue weighted by Crippen LogP contribution is 2.27. The van der Waals surface area contributed by atoms with Crippen molar-refractivity contribution in [3.05, 3.63) is 59.2 Å². The molecule has 0 aliphatic carbocycles. The van der Waals surface area contributed by atoms with Gasteiger partial charge in [0.25, 0.3) is 0 Å². The average molecular weight is 470 g/mol. The number of nitrogens with one attached hydrogen (secondary N) is 1. The van der Waals surface area contributed by atoms with Crippen LogP contribution in [0.3, 0.4) is 0 Å². The summed E-state index contributed by atoms with van der Waals surface area (Å²) in [6, 6.07) is 13.5. The van der Waals surface area contributed by atoms with Crippen LogP contribution in [0.4, 0.5) is 5.69 Å². The highest BCUT2D eigenvalue weighted by Gasteiger charge is 2.25. The fraction of sp³-hybridized carbons (Fsp3) is 0.500. The van der Waals surface area contributed by atoms with Gasteiger partial charge in [0.15, 0.2) is 0 Å². The molecule has 2 aliphatic rings. The van der Waals surface area contributed by atoms with E-state index in [-0.39, 0.29) is 5.91 Å². The van der Waals surface area contributed by atoms with Crippen molar-refractivity contribution in [2.45, 2.75) is 62.8 Å². The summed E-state index contributed by atoms with van der Waals surface area (Å²) in [5.74, 6) is 0.00565. The third kappa shape index (κ3) is 5.95. The number of anilines is 1. The molecule has 1 amide bonds. The van der Waals surface area contributed by atoms with Crippen molar-refractivity contribution in [3.8, 4) is 0 Å². The molecule has 1 saturated heterocycles. The zero-order chi connectivity index (χ0) is 23.3. The van der Waals surface area contributed by atoms with Crippen molar-refractivity contribution in [2.24, 2.45) is 0 Å². The van der Waals surface area contributed by atoms with Crippen molar-refractivity contribution in [1.82, 2.24) is 9.62 Å². The van der Waals surface area contributed by atoms with E-state index in [2.05, 4.69) is 35.5 Å². The summed E-state index contributed by atoms with van der Waals surface area (Å²) in [6.45, 7) is 2.83. The highest BCUT2D eigenvalue weighted by molar-refractivity contribution is 7.89. The fourth-order valence-electron chi connectivity index (χ4n) is 4.75. The largest absolute Gasteiger partial charge is 0.374 e. The number of amides is 1. The van der Waals surface area contributed by atoms with Gasteiger partial charge >= 0.3 is 0 Å². The van der Waals surface area contributed by atoms with Crippen molar-refractivity contribution >= 4 is 21.6 Å². The molecule has 6 nitrogen and oxygen atoms in total. The molecule has 1 fully saturated rings. The lowest BCUT2D eigenvalue weighted by Gasteiger charge is -2.27. The zero-order valence-electron chi connectivity index (χ0n) is 19.6. The van der Waals surface area contributed by atoms with Crippen molar-refractivity contribution in [1.29, 1.82) is 0 Å². The van der Waals surface area contributed by atoms with Gasteiger partial charge in [0.05, 0.1) is 4.90 Å². The lowest BCUT2D eigenvalue weighted by molar-refractivity contribution is -0.121. The van der Waals surface area contributed by atoms with Crippen LogP contribution in [-0.2, 0) is 34.2 Å². The molecule has 0 saturated carbocycles. The molecule has 2 aromatic carbocycles. The Bertz CT molecular complexity index is 1060. The van der Waals surface area contributed by atoms with E-state index < -0.39 is 10.0 Å². The van der Waals surface area contributed by atoms with E-state index in [1.165, 1.54) is 11.3 Å². The van der Waals surface area contributed by atoms with Crippen LogP contribution in [0.5, 0.6) is 0 Å². The number of fused-ring (bicyclic) bond motifs is 1. The van der Waals surface area contributed by atoms with Crippen molar-refractivity contribution < 1.29 is 13.2 Å². The second-order valence-electron chi connectivity index (χ2n) is 9.23. The number of sulfonamides is 1. The van der Waals surface area contributed by atoms with Crippen LogP contribution in [-0.4, -0.2) is 45.3 Å². The minimum Gasteiger partial charge on any atom is -0.374 e. The topological polar surface area (TPSA) is 69.7 Å². The first-order valence-corrected chi connectivity index (χ1v) is 13.6. The number of carbonyl (C=O) groups is 1. The van der Waals surface area contributed by atoms with E-state index in [0.29, 0.717) is 37.4 Å². The number of rotatable bonds is 7. The number of hydrogen-bond donors (Lipinski definition) is 1. The summed E-state index contributed by atoms with van der Waals surface area (Å²) >= 11 is 0. The van der Waals surface area contributed by atoms with Gasteiger partial charge in [-0.2, -0.15) is 4.31 Å². The summed E-state index contributed by atoms with van der Waals surface area (Å²) in [5, 5.41) is 3.02. The molecule has 0 atom stereocenters. The second kappa shape index (κ2) is 10.7. The quantitative estimate of drug-likeness (QED) is 0.668. The Labute approximate surface area is 198 Å². The maximum absolute atomic E-state index is 12.9. The maximum Gasteiger partial charge on any atom is 0.243 e. The van der Waals surface area contributed by atoms with E-state index in [0.717, 1.165) is 56.2 Å². The molecular formula is C26H35N3O3S. The highest BCUT2D eigenvalue weighted by atomic mass is 32.2. The molecule has 0 aromatic heterocycles. The summed E-state index contributed by atoms with van der Waals surface area (Å²) in [7, 11) is -1.31. The molecule has 33 heavy (non-hydrogen) atoms. The first kappa shape index (κ1) is 23.8. The smallest absolute Gasteiger partial charge is 0.243 e. The van der Waals surface area contributed by atoms with Crippen LogP contribution in [0, 0.1) is 0 Å². The average Bonchev–Trinajstić information content (AvgIpc) is 3.12. The number of benzene rings is 2. The Balaban J connectivity index is 1.27. The van der Waals surface area contributed by atoms with Crippen molar-refractivity contribution in [3.63, 3.8) is 0 Å². The van der Waals surface area contributed by atoms with Crippen LogP contribution in [0.15, 0.2) is 47.4 Å². The minimum absolute atomic E-state index is 0.00565. The zero-order valence-corrected chi connectivity index (χ0v) is 20.4. The summed E-state index contributed by atoms with van der Waals surface area (Å²) in [4.78, 5) is 15.0. The third-order valence-electron chi connectivity index (χ3n) is 6.75. The lowest BCUT2D eigenvalue weighted by atomic mass is 9.99. The standard InChI is InChI=1S/C26H35N3O3S/c1-28-16-6-7-23-19-22(10-14-25(23)28)20-27-26(30)15-11-21-8-12-24(13-9-21)33(31,32)29-17-4-2-3-5-18-29/h8-10,12-14,19H,2-7,11,15-18,20H2,1H3,(H,27,30). The number of aryl methyl sites for hydroxylation is 2. The fourth-order valence-corrected chi connectivity index (χ4v) is 6.27. The van der Waals surface area contributed by atoms with E-state index in [1.54, 1.807) is 16.4 Å². The van der Waals surface area contributed by atoms with E-state index >= 15 is 0 Å². The Morgan fingerprint density at radius 3 is 2.33 bits per heavy atom. The van der Waals surface area contributed by atoms with Crippen molar-refractivity contribution in [2.75, 3.05) is 31.6 Å². The first-order valence-electron chi connectivity index (χ1n) is 12.1. The van der Waals surface area contributed by atoms with Gasteiger partial charge < -0.3 is 10.2 Å². The van der Waals surface area contributed by atoms with Crippen LogP contribution in [0.1, 0.15) is 55.2 Å². The minimum atomic E-state index is -3.43.